The molecule has 0 radical (unpaired) electrons. The van der Waals surface area contributed by atoms with E-state index in [1.807, 2.05) is 37.3 Å². The molecule has 8 nitrogen and oxygen atoms in total. The first kappa shape index (κ1) is 25.7. The number of halogens is 1. The Morgan fingerprint density at radius 1 is 1.08 bits per heavy atom. The Morgan fingerprint density at radius 3 is 2.59 bits per heavy atom. The summed E-state index contributed by atoms with van der Waals surface area (Å²) in [4.78, 5) is 28.1. The smallest absolute Gasteiger partial charge is 0.311 e. The van der Waals surface area contributed by atoms with Gasteiger partial charge >= 0.3 is 5.69 Å². The number of nitrogens with zero attached hydrogens (tertiary/aromatic N) is 2. The minimum absolute atomic E-state index is 0.200. The Morgan fingerprint density at radius 2 is 1.85 bits per heavy atom. The van der Waals surface area contributed by atoms with Crippen molar-refractivity contribution in [3.05, 3.63) is 128 Å². The third-order valence-electron chi connectivity index (χ3n) is 6.19. The summed E-state index contributed by atoms with van der Waals surface area (Å²) in [6.45, 7) is 1.82. The van der Waals surface area contributed by atoms with Gasteiger partial charge < -0.3 is 14.8 Å². The summed E-state index contributed by atoms with van der Waals surface area (Å²) in [5.74, 6) is -0.650. The Hall–Kier alpha value is -4.95. The average molecular weight is 540 g/mol. The summed E-state index contributed by atoms with van der Waals surface area (Å²) in [6.07, 6.45) is 1.72. The molecule has 0 spiro atoms. The molecule has 0 saturated carbocycles. The summed E-state index contributed by atoms with van der Waals surface area (Å²) >= 11 is 6.26. The van der Waals surface area contributed by atoms with Gasteiger partial charge in [0.2, 0.25) is 5.75 Å². The molecule has 0 aliphatic rings. The van der Waals surface area contributed by atoms with E-state index < -0.39 is 16.4 Å². The van der Waals surface area contributed by atoms with Gasteiger partial charge in [-0.3, -0.25) is 19.9 Å². The molecule has 39 heavy (non-hydrogen) atoms. The van der Waals surface area contributed by atoms with E-state index >= 15 is 0 Å². The van der Waals surface area contributed by atoms with E-state index in [2.05, 4.69) is 10.3 Å². The highest BCUT2D eigenvalue weighted by Gasteiger charge is 2.19. The van der Waals surface area contributed by atoms with Crippen LogP contribution in [0.15, 0.2) is 94.3 Å². The van der Waals surface area contributed by atoms with Crippen LogP contribution < -0.4 is 5.32 Å². The number of para-hydroxylation sites is 1. The van der Waals surface area contributed by atoms with Gasteiger partial charge in [-0.1, -0.05) is 48.0 Å². The number of benzene rings is 4. The fourth-order valence-corrected chi connectivity index (χ4v) is 4.40. The fourth-order valence-electron chi connectivity index (χ4n) is 4.19. The van der Waals surface area contributed by atoms with Crippen LogP contribution >= 0.6 is 11.6 Å². The predicted molar refractivity (Wildman–Crippen MR) is 152 cm³/mol. The second-order valence-electron chi connectivity index (χ2n) is 8.94. The third-order valence-corrected chi connectivity index (χ3v) is 6.56. The highest BCUT2D eigenvalue weighted by atomic mass is 35.5. The number of carbonyl (C=O) groups excluding carboxylic acids is 1. The largest absolute Gasteiger partial charge is 0.502 e. The number of anilines is 1. The Labute approximate surface area is 228 Å². The number of amides is 1. The van der Waals surface area contributed by atoms with E-state index in [1.165, 1.54) is 12.3 Å². The van der Waals surface area contributed by atoms with E-state index in [-0.39, 0.29) is 17.2 Å². The first-order valence-electron chi connectivity index (χ1n) is 12.0. The number of hydrogen-bond donors (Lipinski definition) is 2. The van der Waals surface area contributed by atoms with Gasteiger partial charge in [-0.25, -0.2) is 0 Å². The quantitative estimate of drug-likeness (QED) is 0.125. The molecule has 0 bridgehead atoms. The Kier molecular flexibility index (Phi) is 7.12. The van der Waals surface area contributed by atoms with Crippen LogP contribution in [-0.2, 0) is 6.42 Å². The molecule has 0 atom stereocenters. The highest BCUT2D eigenvalue weighted by Crippen LogP contribution is 2.33. The molecule has 1 aromatic heterocycles. The van der Waals surface area contributed by atoms with Gasteiger partial charge in [0.05, 0.1) is 10.6 Å². The summed E-state index contributed by atoms with van der Waals surface area (Å²) in [5.41, 5.74) is 3.69. The second kappa shape index (κ2) is 10.8. The number of nitro benzene ring substituents is 1. The van der Waals surface area contributed by atoms with E-state index in [9.17, 15) is 20.0 Å². The maximum Gasteiger partial charge on any atom is 0.311 e. The molecular formula is C30H22ClN3O5. The summed E-state index contributed by atoms with van der Waals surface area (Å²) in [5, 5.41) is 26.3. The maximum absolute atomic E-state index is 12.7. The molecule has 1 amide bonds. The number of aromatic hydroxyl groups is 1. The van der Waals surface area contributed by atoms with Crippen LogP contribution in [0.5, 0.6) is 5.75 Å². The second-order valence-corrected chi connectivity index (χ2v) is 9.35. The van der Waals surface area contributed by atoms with Crippen molar-refractivity contribution in [2.75, 3.05) is 5.32 Å². The number of rotatable bonds is 7. The van der Waals surface area contributed by atoms with Crippen molar-refractivity contribution >= 4 is 51.8 Å². The van der Waals surface area contributed by atoms with E-state index in [0.29, 0.717) is 34.0 Å². The molecular weight excluding hydrogens is 518 g/mol. The number of carbonyl (C=O) groups is 1. The standard InChI is InChI=1S/C30H22ClN3O5/c1-18-12-23(10-11-25(18)33-30(36)28-16-21-7-3-5-9-27(21)39-28)32-17-22-14-19(15-26(29(22)35)34(37)38)13-20-6-2-4-8-24(20)31/h2-12,14-17,35H,13H2,1H3,(H,33,36). The summed E-state index contributed by atoms with van der Waals surface area (Å²) < 4.78 is 5.63. The summed E-state index contributed by atoms with van der Waals surface area (Å²) in [6, 6.07) is 24.4. The van der Waals surface area contributed by atoms with Crippen molar-refractivity contribution in [3.63, 3.8) is 0 Å². The van der Waals surface area contributed by atoms with Crippen molar-refractivity contribution in [2.24, 2.45) is 4.99 Å². The van der Waals surface area contributed by atoms with Crippen LogP contribution in [0.4, 0.5) is 17.1 Å². The highest BCUT2D eigenvalue weighted by molar-refractivity contribution is 6.31. The van der Waals surface area contributed by atoms with Gasteiger partial charge in [0.15, 0.2) is 5.76 Å². The number of fused-ring (bicyclic) bond motifs is 1. The van der Waals surface area contributed by atoms with Crippen molar-refractivity contribution in [2.45, 2.75) is 13.3 Å². The van der Waals surface area contributed by atoms with Gasteiger partial charge in [-0.15, -0.1) is 0 Å². The first-order chi connectivity index (χ1) is 18.8. The van der Waals surface area contributed by atoms with Gasteiger partial charge in [0.1, 0.15) is 5.58 Å². The molecule has 1 heterocycles. The SMILES string of the molecule is Cc1cc(N=Cc2cc(Cc3ccccc3Cl)cc([N+](=O)[O-])c2O)ccc1NC(=O)c1cc2ccccc2o1. The van der Waals surface area contributed by atoms with Crippen molar-refractivity contribution < 1.29 is 19.2 Å². The number of phenolic OH excluding ortho intramolecular Hbond substituents is 1. The Bertz CT molecular complexity index is 1730. The monoisotopic (exact) mass is 539 g/mol. The van der Waals surface area contributed by atoms with E-state index in [4.69, 9.17) is 16.0 Å². The van der Waals surface area contributed by atoms with Crippen LogP contribution in [0.1, 0.15) is 32.8 Å². The lowest BCUT2D eigenvalue weighted by Gasteiger charge is -2.09. The number of aliphatic imine (C=N–C) groups is 1. The number of furan rings is 1. The van der Waals surface area contributed by atoms with Gasteiger partial charge in [0, 0.05) is 33.9 Å². The number of aryl methyl sites for hydroxylation is 1. The third kappa shape index (κ3) is 5.66. The number of phenols is 1. The number of hydrogen-bond acceptors (Lipinski definition) is 6. The van der Waals surface area contributed by atoms with Gasteiger partial charge in [-0.2, -0.15) is 0 Å². The van der Waals surface area contributed by atoms with Crippen LogP contribution in [-0.4, -0.2) is 22.2 Å². The van der Waals surface area contributed by atoms with Crippen LogP contribution in [0.3, 0.4) is 0 Å². The van der Waals surface area contributed by atoms with Crippen molar-refractivity contribution in [1.29, 1.82) is 0 Å². The van der Waals surface area contributed by atoms with Gasteiger partial charge in [0.25, 0.3) is 5.91 Å². The zero-order chi connectivity index (χ0) is 27.5. The lowest BCUT2D eigenvalue weighted by atomic mass is 10.0. The number of nitrogens with one attached hydrogen (secondary N) is 1. The van der Waals surface area contributed by atoms with Crippen LogP contribution in [0, 0.1) is 17.0 Å². The molecule has 0 fully saturated rings. The van der Waals surface area contributed by atoms with E-state index in [0.717, 1.165) is 16.5 Å². The molecule has 4 aromatic carbocycles. The Balaban J connectivity index is 1.37. The van der Waals surface area contributed by atoms with Crippen LogP contribution in [0.25, 0.3) is 11.0 Å². The zero-order valence-corrected chi connectivity index (χ0v) is 21.5. The average Bonchev–Trinajstić information content (AvgIpc) is 3.36. The molecule has 0 aliphatic carbocycles. The number of nitro groups is 1. The molecule has 9 heteroatoms. The lowest BCUT2D eigenvalue weighted by Crippen LogP contribution is -2.11. The molecule has 5 rings (SSSR count). The molecule has 194 valence electrons. The van der Waals surface area contributed by atoms with Gasteiger partial charge in [-0.05, 0) is 72.5 Å². The molecule has 0 aliphatic heterocycles. The summed E-state index contributed by atoms with van der Waals surface area (Å²) in [7, 11) is 0. The predicted octanol–water partition coefficient (Wildman–Crippen LogP) is 7.60. The minimum atomic E-state index is -0.633. The molecule has 0 unspecified atom stereocenters. The molecule has 0 saturated heterocycles. The maximum atomic E-state index is 12.7. The van der Waals surface area contributed by atoms with Crippen molar-refractivity contribution in [3.8, 4) is 5.75 Å². The van der Waals surface area contributed by atoms with Crippen LogP contribution in [0.2, 0.25) is 5.02 Å². The van der Waals surface area contributed by atoms with E-state index in [1.54, 1.807) is 48.5 Å². The fraction of sp³-hybridized carbons (Fsp3) is 0.0667. The molecule has 5 aromatic rings. The first-order valence-corrected chi connectivity index (χ1v) is 12.3. The lowest BCUT2D eigenvalue weighted by molar-refractivity contribution is -0.385. The zero-order valence-electron chi connectivity index (χ0n) is 20.7. The minimum Gasteiger partial charge on any atom is -0.502 e. The van der Waals surface area contributed by atoms with Crippen molar-refractivity contribution in [1.82, 2.24) is 0 Å². The normalized spacial score (nSPS) is 11.2. The molecule has 2 N–H and O–H groups in total. The topological polar surface area (TPSA) is 118 Å².